The van der Waals surface area contributed by atoms with Gasteiger partial charge in [-0.25, -0.2) is 0 Å². The van der Waals surface area contributed by atoms with Crippen LogP contribution in [0.4, 0.5) is 5.69 Å². The highest BCUT2D eigenvalue weighted by atomic mass is 16.5. The van der Waals surface area contributed by atoms with Gasteiger partial charge in [-0.2, -0.15) is 0 Å². The molecule has 0 unspecified atom stereocenters. The van der Waals surface area contributed by atoms with E-state index in [1.807, 2.05) is 45.0 Å². The fourth-order valence-corrected chi connectivity index (χ4v) is 1.86. The summed E-state index contributed by atoms with van der Waals surface area (Å²) in [7, 11) is 0. The van der Waals surface area contributed by atoms with Crippen LogP contribution in [0.1, 0.15) is 20.8 Å². The van der Waals surface area contributed by atoms with Crippen LogP contribution in [0.3, 0.4) is 0 Å². The molecule has 0 spiro atoms. The van der Waals surface area contributed by atoms with Crippen LogP contribution in [-0.4, -0.2) is 31.1 Å². The van der Waals surface area contributed by atoms with Crippen molar-refractivity contribution in [1.29, 1.82) is 0 Å². The van der Waals surface area contributed by atoms with Crippen molar-refractivity contribution in [2.24, 2.45) is 0 Å². The van der Waals surface area contributed by atoms with Crippen molar-refractivity contribution in [3.8, 4) is 5.75 Å². The van der Waals surface area contributed by atoms with Crippen LogP contribution >= 0.6 is 0 Å². The lowest BCUT2D eigenvalue weighted by Crippen LogP contribution is -2.47. The first-order valence-corrected chi connectivity index (χ1v) is 6.24. The molecule has 2 rings (SSSR count). The fourth-order valence-electron chi connectivity index (χ4n) is 1.86. The lowest BCUT2D eigenvalue weighted by atomic mass is 10.1. The van der Waals surface area contributed by atoms with E-state index in [9.17, 15) is 4.79 Å². The molecule has 1 aliphatic heterocycles. The average molecular weight is 248 g/mol. The largest absolute Gasteiger partial charge is 0.490 e. The third kappa shape index (κ3) is 3.01. The van der Waals surface area contributed by atoms with Gasteiger partial charge in [0, 0.05) is 5.54 Å². The molecule has 4 heteroatoms. The number of carbonyl (C=O) groups excluding carboxylic acids is 1. The van der Waals surface area contributed by atoms with Crippen molar-refractivity contribution < 1.29 is 9.53 Å². The van der Waals surface area contributed by atoms with Gasteiger partial charge < -0.3 is 15.0 Å². The number of nitrogens with one attached hydrogen (secondary N) is 1. The van der Waals surface area contributed by atoms with Gasteiger partial charge in [0.25, 0.3) is 0 Å². The molecule has 0 aromatic heterocycles. The molecule has 0 aliphatic carbocycles. The van der Waals surface area contributed by atoms with Gasteiger partial charge in [-0.1, -0.05) is 12.1 Å². The second-order valence-electron chi connectivity index (χ2n) is 5.47. The molecule has 1 amide bonds. The van der Waals surface area contributed by atoms with Gasteiger partial charge in [0.05, 0.1) is 18.8 Å². The van der Waals surface area contributed by atoms with E-state index >= 15 is 0 Å². The maximum Gasteiger partial charge on any atom is 0.241 e. The number of anilines is 1. The lowest BCUT2D eigenvalue weighted by molar-refractivity contribution is -0.118. The van der Waals surface area contributed by atoms with E-state index in [4.69, 9.17) is 4.74 Å². The van der Waals surface area contributed by atoms with Crippen molar-refractivity contribution in [3.63, 3.8) is 0 Å². The van der Waals surface area contributed by atoms with Gasteiger partial charge >= 0.3 is 0 Å². The smallest absolute Gasteiger partial charge is 0.241 e. The van der Waals surface area contributed by atoms with E-state index in [0.29, 0.717) is 19.7 Å². The minimum Gasteiger partial charge on any atom is -0.490 e. The number of para-hydroxylation sites is 2. The zero-order valence-electron chi connectivity index (χ0n) is 11.2. The number of hydrogen-bond donors (Lipinski definition) is 1. The zero-order valence-corrected chi connectivity index (χ0v) is 11.2. The molecule has 1 aromatic rings. The van der Waals surface area contributed by atoms with Crippen LogP contribution in [0.15, 0.2) is 24.3 Å². The Morgan fingerprint density at radius 1 is 1.39 bits per heavy atom. The maximum atomic E-state index is 12.2. The first kappa shape index (κ1) is 12.9. The van der Waals surface area contributed by atoms with E-state index < -0.39 is 0 Å². The monoisotopic (exact) mass is 248 g/mol. The molecule has 1 aliphatic rings. The van der Waals surface area contributed by atoms with Gasteiger partial charge in [-0.15, -0.1) is 0 Å². The SMILES string of the molecule is CC(C)(C)NCC(=O)N1CCOc2ccccc21. The minimum atomic E-state index is -0.0541. The summed E-state index contributed by atoms with van der Waals surface area (Å²) < 4.78 is 5.53. The molecule has 1 aromatic carbocycles. The van der Waals surface area contributed by atoms with Gasteiger partial charge in [0.15, 0.2) is 0 Å². The third-order valence-corrected chi connectivity index (χ3v) is 2.80. The molecule has 0 bridgehead atoms. The number of rotatable bonds is 2. The molecule has 4 nitrogen and oxygen atoms in total. The standard InChI is InChI=1S/C14H20N2O2/c1-14(2,3)15-10-13(17)16-8-9-18-12-7-5-4-6-11(12)16/h4-7,15H,8-10H2,1-3H3. The Labute approximate surface area is 108 Å². The molecular weight excluding hydrogens is 228 g/mol. The van der Waals surface area contributed by atoms with Crippen LogP contribution in [-0.2, 0) is 4.79 Å². The van der Waals surface area contributed by atoms with Crippen LogP contribution in [0.5, 0.6) is 5.75 Å². The molecule has 0 fully saturated rings. The summed E-state index contributed by atoms with van der Waals surface area (Å²) in [4.78, 5) is 14.0. The molecule has 1 heterocycles. The number of carbonyl (C=O) groups is 1. The van der Waals surface area contributed by atoms with Gasteiger partial charge in [-0.3, -0.25) is 4.79 Å². The molecule has 0 saturated carbocycles. The molecule has 0 atom stereocenters. The van der Waals surface area contributed by atoms with E-state index in [2.05, 4.69) is 5.32 Å². The number of fused-ring (bicyclic) bond motifs is 1. The first-order chi connectivity index (χ1) is 8.47. The lowest BCUT2D eigenvalue weighted by Gasteiger charge is -2.30. The van der Waals surface area contributed by atoms with Crippen molar-refractivity contribution in [2.45, 2.75) is 26.3 Å². The van der Waals surface area contributed by atoms with E-state index in [1.54, 1.807) is 4.90 Å². The molecule has 18 heavy (non-hydrogen) atoms. The zero-order chi connectivity index (χ0) is 13.2. The molecule has 98 valence electrons. The minimum absolute atomic E-state index is 0.0541. The Balaban J connectivity index is 2.08. The highest BCUT2D eigenvalue weighted by Crippen LogP contribution is 2.30. The summed E-state index contributed by atoms with van der Waals surface area (Å²) in [5, 5.41) is 3.22. The summed E-state index contributed by atoms with van der Waals surface area (Å²) in [6, 6.07) is 7.65. The maximum absolute atomic E-state index is 12.2. The van der Waals surface area contributed by atoms with Gasteiger partial charge in [0.1, 0.15) is 12.4 Å². The number of hydrogen-bond acceptors (Lipinski definition) is 3. The Kier molecular flexibility index (Phi) is 3.57. The van der Waals surface area contributed by atoms with Crippen LogP contribution in [0.25, 0.3) is 0 Å². The number of benzene rings is 1. The van der Waals surface area contributed by atoms with Crippen molar-refractivity contribution in [3.05, 3.63) is 24.3 Å². The predicted molar refractivity (Wildman–Crippen MR) is 72.0 cm³/mol. The Morgan fingerprint density at radius 2 is 2.11 bits per heavy atom. The number of amides is 1. The number of nitrogens with zero attached hydrogens (tertiary/aromatic N) is 1. The van der Waals surface area contributed by atoms with Crippen molar-refractivity contribution in [1.82, 2.24) is 5.32 Å². The summed E-state index contributed by atoms with van der Waals surface area (Å²) >= 11 is 0. The topological polar surface area (TPSA) is 41.6 Å². The highest BCUT2D eigenvalue weighted by molar-refractivity contribution is 5.96. The van der Waals surface area contributed by atoms with Crippen molar-refractivity contribution >= 4 is 11.6 Å². The van der Waals surface area contributed by atoms with E-state index in [1.165, 1.54) is 0 Å². The Morgan fingerprint density at radius 3 is 2.83 bits per heavy atom. The summed E-state index contributed by atoms with van der Waals surface area (Å²) in [6.07, 6.45) is 0. The molecule has 1 N–H and O–H groups in total. The second kappa shape index (κ2) is 4.98. The molecule has 0 saturated heterocycles. The van der Waals surface area contributed by atoms with Crippen LogP contribution in [0, 0.1) is 0 Å². The average Bonchev–Trinajstić information content (AvgIpc) is 2.34. The second-order valence-corrected chi connectivity index (χ2v) is 5.47. The Hall–Kier alpha value is -1.55. The molecular formula is C14H20N2O2. The molecule has 0 radical (unpaired) electrons. The van der Waals surface area contributed by atoms with Gasteiger partial charge in [0.2, 0.25) is 5.91 Å². The highest BCUT2D eigenvalue weighted by Gasteiger charge is 2.23. The van der Waals surface area contributed by atoms with Gasteiger partial charge in [-0.05, 0) is 32.9 Å². The number of ether oxygens (including phenoxy) is 1. The normalized spacial score (nSPS) is 14.9. The predicted octanol–water partition coefficient (Wildman–Crippen LogP) is 1.80. The Bertz CT molecular complexity index is 438. The first-order valence-electron chi connectivity index (χ1n) is 6.24. The third-order valence-electron chi connectivity index (χ3n) is 2.80. The summed E-state index contributed by atoms with van der Waals surface area (Å²) in [5.41, 5.74) is 0.811. The van der Waals surface area contributed by atoms with Crippen LogP contribution < -0.4 is 15.0 Å². The van der Waals surface area contributed by atoms with E-state index in [-0.39, 0.29) is 11.4 Å². The van der Waals surface area contributed by atoms with Crippen LogP contribution in [0.2, 0.25) is 0 Å². The quantitative estimate of drug-likeness (QED) is 0.867. The van der Waals surface area contributed by atoms with E-state index in [0.717, 1.165) is 11.4 Å². The summed E-state index contributed by atoms with van der Waals surface area (Å²) in [5.74, 6) is 0.869. The van der Waals surface area contributed by atoms with Crippen molar-refractivity contribution in [2.75, 3.05) is 24.6 Å². The fraction of sp³-hybridized carbons (Fsp3) is 0.500. The summed E-state index contributed by atoms with van der Waals surface area (Å²) in [6.45, 7) is 7.66.